The Balaban J connectivity index is 1.12. The van der Waals surface area contributed by atoms with E-state index in [0.29, 0.717) is 0 Å². The van der Waals surface area contributed by atoms with E-state index in [1.165, 1.54) is 18.5 Å². The fourth-order valence-corrected chi connectivity index (χ4v) is 5.38. The van der Waals surface area contributed by atoms with Gasteiger partial charge in [-0.25, -0.2) is 0 Å². The molecular formula is C26H31N5OS. The number of nitrogens with zero attached hydrogens (tertiary/aromatic N) is 4. The Hall–Kier alpha value is -2.93. The molecule has 0 saturated carbocycles. The number of hydrogen-bond acceptors (Lipinski definition) is 6. The monoisotopic (exact) mass is 461 g/mol. The number of hydrogen-bond donors (Lipinski definition) is 1. The van der Waals surface area contributed by atoms with E-state index in [1.807, 2.05) is 35.7 Å². The zero-order valence-corrected chi connectivity index (χ0v) is 19.9. The molecule has 7 heteroatoms. The van der Waals surface area contributed by atoms with Crippen molar-refractivity contribution in [2.45, 2.75) is 32.6 Å². The molecule has 6 nitrogen and oxygen atoms in total. The predicted octanol–water partition coefficient (Wildman–Crippen LogP) is 5.30. The molecule has 172 valence electrons. The third-order valence-corrected chi connectivity index (χ3v) is 7.79. The summed E-state index contributed by atoms with van der Waals surface area (Å²) >= 11 is 1.67. The summed E-state index contributed by atoms with van der Waals surface area (Å²) in [7, 11) is 0. The van der Waals surface area contributed by atoms with Crippen LogP contribution in [0.2, 0.25) is 0 Å². The quantitative estimate of drug-likeness (QED) is 0.559. The Bertz CT molecular complexity index is 1040. The molecule has 0 bridgehead atoms. The molecule has 2 saturated heterocycles. The molecule has 0 aliphatic carbocycles. The van der Waals surface area contributed by atoms with Crippen LogP contribution in [0.15, 0.2) is 53.9 Å². The van der Waals surface area contributed by atoms with Crippen molar-refractivity contribution in [3.63, 3.8) is 0 Å². The number of amides is 1. The normalized spacial score (nSPS) is 17.8. The molecule has 0 spiro atoms. The van der Waals surface area contributed by atoms with Crippen molar-refractivity contribution in [2.75, 3.05) is 41.3 Å². The Morgan fingerprint density at radius 1 is 0.909 bits per heavy atom. The highest BCUT2D eigenvalue weighted by Crippen LogP contribution is 2.27. The summed E-state index contributed by atoms with van der Waals surface area (Å²) in [5.41, 5.74) is 3.04. The summed E-state index contributed by atoms with van der Waals surface area (Å²) < 4.78 is 0. The summed E-state index contributed by atoms with van der Waals surface area (Å²) in [6.45, 7) is 6.20. The van der Waals surface area contributed by atoms with Gasteiger partial charge in [0.1, 0.15) is 5.69 Å². The largest absolute Gasteiger partial charge is 0.372 e. The topological polar surface area (TPSA) is 61.4 Å². The van der Waals surface area contributed by atoms with Crippen molar-refractivity contribution in [1.82, 2.24) is 10.2 Å². The molecule has 3 aromatic rings. The third-order valence-electron chi connectivity index (χ3n) is 6.90. The maximum atomic E-state index is 12.8. The fraction of sp³-hybridized carbons (Fsp3) is 0.423. The Kier molecular flexibility index (Phi) is 6.58. The lowest BCUT2D eigenvalue weighted by Gasteiger charge is -2.32. The van der Waals surface area contributed by atoms with E-state index in [0.717, 1.165) is 67.0 Å². The van der Waals surface area contributed by atoms with Crippen LogP contribution in [-0.4, -0.2) is 42.3 Å². The number of aromatic nitrogens is 2. The Morgan fingerprint density at radius 2 is 1.64 bits per heavy atom. The molecule has 1 aromatic carbocycles. The first-order chi connectivity index (χ1) is 16.2. The lowest BCUT2D eigenvalue weighted by atomic mass is 9.95. The number of anilines is 3. The van der Waals surface area contributed by atoms with Gasteiger partial charge >= 0.3 is 0 Å². The second kappa shape index (κ2) is 9.91. The minimum atomic E-state index is 0.0304. The zero-order chi connectivity index (χ0) is 22.6. The van der Waals surface area contributed by atoms with Crippen LogP contribution in [0.5, 0.6) is 0 Å². The molecule has 0 radical (unpaired) electrons. The molecule has 1 amide bonds. The lowest BCUT2D eigenvalue weighted by molar-refractivity contribution is -0.120. The van der Waals surface area contributed by atoms with Gasteiger partial charge in [-0.3, -0.25) is 4.79 Å². The van der Waals surface area contributed by atoms with E-state index >= 15 is 0 Å². The standard InChI is InChI=1S/C26H31N5OS/c1-19-10-14-30(15-11-19)22-6-4-21(5-7-22)27-26(32)20-12-16-31(17-13-20)25-9-8-23(28-29-25)24-3-2-18-33-24/h2-9,18-20H,10-17H2,1H3,(H,27,32). The van der Waals surface area contributed by atoms with Crippen molar-refractivity contribution in [3.05, 3.63) is 53.9 Å². The van der Waals surface area contributed by atoms with Crippen LogP contribution in [0.25, 0.3) is 10.6 Å². The summed E-state index contributed by atoms with van der Waals surface area (Å²) in [4.78, 5) is 18.6. The van der Waals surface area contributed by atoms with Crippen LogP contribution in [0, 0.1) is 11.8 Å². The van der Waals surface area contributed by atoms with Gasteiger partial charge < -0.3 is 15.1 Å². The average Bonchev–Trinajstić information content (AvgIpc) is 3.40. The number of carbonyl (C=O) groups excluding carboxylic acids is 1. The van der Waals surface area contributed by atoms with E-state index < -0.39 is 0 Å². The van der Waals surface area contributed by atoms with Crippen molar-refractivity contribution < 1.29 is 4.79 Å². The van der Waals surface area contributed by atoms with Crippen molar-refractivity contribution in [3.8, 4) is 10.6 Å². The predicted molar refractivity (Wildman–Crippen MR) is 136 cm³/mol. The molecule has 5 rings (SSSR count). The minimum Gasteiger partial charge on any atom is -0.372 e. The molecule has 2 aromatic heterocycles. The smallest absolute Gasteiger partial charge is 0.227 e. The molecule has 2 fully saturated rings. The maximum absolute atomic E-state index is 12.8. The fourth-order valence-electron chi connectivity index (χ4n) is 4.69. The van der Waals surface area contributed by atoms with E-state index in [4.69, 9.17) is 0 Å². The summed E-state index contributed by atoms with van der Waals surface area (Å²) in [6.07, 6.45) is 4.15. The number of nitrogens with one attached hydrogen (secondary N) is 1. The van der Waals surface area contributed by atoms with Gasteiger partial charge in [0.2, 0.25) is 5.91 Å². The first-order valence-electron chi connectivity index (χ1n) is 11.9. The summed E-state index contributed by atoms with van der Waals surface area (Å²) in [5, 5.41) is 14.0. The molecule has 0 unspecified atom stereocenters. The van der Waals surface area contributed by atoms with Gasteiger partial charge in [0, 0.05) is 43.5 Å². The highest BCUT2D eigenvalue weighted by atomic mass is 32.1. The number of benzene rings is 1. The van der Waals surface area contributed by atoms with Crippen LogP contribution in [-0.2, 0) is 4.79 Å². The Labute approximate surface area is 199 Å². The van der Waals surface area contributed by atoms with Gasteiger partial charge in [-0.15, -0.1) is 21.5 Å². The zero-order valence-electron chi connectivity index (χ0n) is 19.1. The maximum Gasteiger partial charge on any atom is 0.227 e. The molecule has 2 aliphatic heterocycles. The van der Waals surface area contributed by atoms with E-state index in [2.05, 4.69) is 50.4 Å². The van der Waals surface area contributed by atoms with Gasteiger partial charge in [0.15, 0.2) is 5.82 Å². The summed E-state index contributed by atoms with van der Waals surface area (Å²) in [5.74, 6) is 1.86. The van der Waals surface area contributed by atoms with Gasteiger partial charge in [-0.05, 0) is 79.4 Å². The van der Waals surface area contributed by atoms with Gasteiger partial charge in [0.05, 0.1) is 4.88 Å². The molecule has 0 atom stereocenters. The van der Waals surface area contributed by atoms with Crippen molar-refractivity contribution in [2.24, 2.45) is 11.8 Å². The van der Waals surface area contributed by atoms with Crippen LogP contribution < -0.4 is 15.1 Å². The second-order valence-corrected chi connectivity index (χ2v) is 10.2. The summed E-state index contributed by atoms with van der Waals surface area (Å²) in [6, 6.07) is 16.5. The number of carbonyl (C=O) groups is 1. The van der Waals surface area contributed by atoms with E-state index in [9.17, 15) is 4.79 Å². The van der Waals surface area contributed by atoms with Crippen molar-refractivity contribution >= 4 is 34.4 Å². The van der Waals surface area contributed by atoms with Crippen LogP contribution >= 0.6 is 11.3 Å². The highest BCUT2D eigenvalue weighted by molar-refractivity contribution is 7.13. The molecule has 4 heterocycles. The van der Waals surface area contributed by atoms with Gasteiger partial charge in [-0.1, -0.05) is 13.0 Å². The second-order valence-electron chi connectivity index (χ2n) is 9.22. The SMILES string of the molecule is CC1CCN(c2ccc(NC(=O)C3CCN(c4ccc(-c5cccs5)nn4)CC3)cc2)CC1. The molecule has 1 N–H and O–H groups in total. The number of piperidine rings is 2. The molecular weight excluding hydrogens is 430 g/mol. The van der Waals surface area contributed by atoms with Gasteiger partial charge in [0.25, 0.3) is 0 Å². The van der Waals surface area contributed by atoms with Crippen LogP contribution in [0.4, 0.5) is 17.2 Å². The number of rotatable bonds is 5. The van der Waals surface area contributed by atoms with Crippen LogP contribution in [0.1, 0.15) is 32.6 Å². The molecule has 2 aliphatic rings. The Morgan fingerprint density at radius 3 is 2.27 bits per heavy atom. The number of thiophene rings is 1. The van der Waals surface area contributed by atoms with Crippen molar-refractivity contribution in [1.29, 1.82) is 0 Å². The van der Waals surface area contributed by atoms with Crippen LogP contribution in [0.3, 0.4) is 0 Å². The third kappa shape index (κ3) is 5.19. The van der Waals surface area contributed by atoms with E-state index in [1.54, 1.807) is 11.3 Å². The van der Waals surface area contributed by atoms with Gasteiger partial charge in [-0.2, -0.15) is 0 Å². The average molecular weight is 462 g/mol. The van der Waals surface area contributed by atoms with E-state index in [-0.39, 0.29) is 11.8 Å². The lowest BCUT2D eigenvalue weighted by Crippen LogP contribution is -2.38. The first kappa shape index (κ1) is 21.9. The molecule has 33 heavy (non-hydrogen) atoms. The first-order valence-corrected chi connectivity index (χ1v) is 12.8. The minimum absolute atomic E-state index is 0.0304. The highest BCUT2D eigenvalue weighted by Gasteiger charge is 2.26.